The van der Waals surface area contributed by atoms with Crippen molar-refractivity contribution in [2.45, 2.75) is 37.6 Å². The Balaban J connectivity index is 2.08. The summed E-state index contributed by atoms with van der Waals surface area (Å²) in [4.78, 5) is 0.290. The molecule has 100 valence electrons. The monoisotopic (exact) mass is 269 g/mol. The van der Waals surface area contributed by atoms with Crippen molar-refractivity contribution in [1.29, 1.82) is 0 Å². The van der Waals surface area contributed by atoms with E-state index in [2.05, 4.69) is 4.72 Å². The molecule has 0 bridgehead atoms. The molecule has 0 spiro atoms. The molecule has 1 atom stereocenters. The van der Waals surface area contributed by atoms with Gasteiger partial charge >= 0.3 is 0 Å². The van der Waals surface area contributed by atoms with Gasteiger partial charge in [-0.1, -0.05) is 0 Å². The maximum atomic E-state index is 12.1. The van der Waals surface area contributed by atoms with E-state index in [9.17, 15) is 8.42 Å². The molecule has 0 heterocycles. The molecule has 5 heteroatoms. The predicted octanol–water partition coefficient (Wildman–Crippen LogP) is 2.16. The zero-order valence-corrected chi connectivity index (χ0v) is 11.5. The first-order chi connectivity index (χ1) is 8.53. The number of benzene rings is 1. The largest absolute Gasteiger partial charge is 0.494 e. The van der Waals surface area contributed by atoms with Crippen molar-refractivity contribution < 1.29 is 13.2 Å². The molecule has 1 aromatic rings. The third kappa shape index (κ3) is 3.23. The molecule has 0 radical (unpaired) electrons. The van der Waals surface area contributed by atoms with E-state index in [1.807, 2.05) is 13.8 Å². The molecule has 0 aromatic heterocycles. The molecule has 2 rings (SSSR count). The van der Waals surface area contributed by atoms with Gasteiger partial charge < -0.3 is 4.74 Å². The summed E-state index contributed by atoms with van der Waals surface area (Å²) in [5.74, 6) is 1.19. The lowest BCUT2D eigenvalue weighted by Crippen LogP contribution is -2.33. The fraction of sp³-hybridized carbons (Fsp3) is 0.538. The van der Waals surface area contributed by atoms with E-state index in [1.54, 1.807) is 24.3 Å². The zero-order chi connectivity index (χ0) is 13.2. The van der Waals surface area contributed by atoms with Crippen LogP contribution >= 0.6 is 0 Å². The van der Waals surface area contributed by atoms with Crippen molar-refractivity contribution in [3.8, 4) is 5.75 Å². The fourth-order valence-corrected chi connectivity index (χ4v) is 3.20. The average molecular weight is 269 g/mol. The Morgan fingerprint density at radius 3 is 2.44 bits per heavy atom. The summed E-state index contributed by atoms with van der Waals surface area (Å²) >= 11 is 0. The SMILES string of the molecule is CCOc1ccc(S(=O)(=O)N[C@@H](C)C2CC2)cc1. The highest BCUT2D eigenvalue weighted by Gasteiger charge is 2.31. The van der Waals surface area contributed by atoms with Gasteiger partial charge in [0.05, 0.1) is 11.5 Å². The van der Waals surface area contributed by atoms with Crippen LogP contribution in [0.2, 0.25) is 0 Å². The second-order valence-corrected chi connectivity index (χ2v) is 6.37. The number of nitrogens with one attached hydrogen (secondary N) is 1. The van der Waals surface area contributed by atoms with Crippen LogP contribution in [-0.2, 0) is 10.0 Å². The van der Waals surface area contributed by atoms with Crippen molar-refractivity contribution in [2.75, 3.05) is 6.61 Å². The van der Waals surface area contributed by atoms with Crippen LogP contribution in [0, 0.1) is 5.92 Å². The Kier molecular flexibility index (Phi) is 3.92. The molecule has 1 aliphatic carbocycles. The molecule has 18 heavy (non-hydrogen) atoms. The summed E-state index contributed by atoms with van der Waals surface area (Å²) in [5, 5.41) is 0. The molecule has 1 fully saturated rings. The summed E-state index contributed by atoms with van der Waals surface area (Å²) in [7, 11) is -3.40. The number of sulfonamides is 1. The van der Waals surface area contributed by atoms with E-state index in [0.717, 1.165) is 12.8 Å². The third-order valence-electron chi connectivity index (χ3n) is 3.12. The highest BCUT2D eigenvalue weighted by atomic mass is 32.2. The predicted molar refractivity (Wildman–Crippen MR) is 70.1 cm³/mol. The van der Waals surface area contributed by atoms with Crippen LogP contribution in [0.3, 0.4) is 0 Å². The Bertz CT molecular complexity index is 491. The zero-order valence-electron chi connectivity index (χ0n) is 10.7. The van der Waals surface area contributed by atoms with Crippen molar-refractivity contribution in [3.05, 3.63) is 24.3 Å². The van der Waals surface area contributed by atoms with Gasteiger partial charge in [-0.05, 0) is 56.9 Å². The van der Waals surface area contributed by atoms with E-state index >= 15 is 0 Å². The third-order valence-corrected chi connectivity index (χ3v) is 4.69. The smallest absolute Gasteiger partial charge is 0.240 e. The first-order valence-corrected chi connectivity index (χ1v) is 7.76. The van der Waals surface area contributed by atoms with Gasteiger partial charge in [0.2, 0.25) is 10.0 Å². The summed E-state index contributed by atoms with van der Waals surface area (Å²) in [6, 6.07) is 6.53. The molecule has 0 amide bonds. The molecule has 1 N–H and O–H groups in total. The Morgan fingerprint density at radius 2 is 1.94 bits per heavy atom. The van der Waals surface area contributed by atoms with E-state index in [4.69, 9.17) is 4.74 Å². The van der Waals surface area contributed by atoms with Gasteiger partial charge in [-0.15, -0.1) is 0 Å². The Hall–Kier alpha value is -1.07. The maximum absolute atomic E-state index is 12.1. The van der Waals surface area contributed by atoms with E-state index < -0.39 is 10.0 Å². The number of hydrogen-bond acceptors (Lipinski definition) is 3. The fourth-order valence-electron chi connectivity index (χ4n) is 1.89. The van der Waals surface area contributed by atoms with Crippen LogP contribution in [0.4, 0.5) is 0 Å². The lowest BCUT2D eigenvalue weighted by atomic mass is 10.2. The van der Waals surface area contributed by atoms with Gasteiger partial charge in [0, 0.05) is 6.04 Å². The molecular weight excluding hydrogens is 250 g/mol. The van der Waals surface area contributed by atoms with Crippen LogP contribution in [0.25, 0.3) is 0 Å². The van der Waals surface area contributed by atoms with Crippen molar-refractivity contribution in [1.82, 2.24) is 4.72 Å². The lowest BCUT2D eigenvalue weighted by molar-refractivity contribution is 0.340. The molecule has 4 nitrogen and oxygen atoms in total. The van der Waals surface area contributed by atoms with Gasteiger partial charge in [-0.3, -0.25) is 0 Å². The van der Waals surface area contributed by atoms with Gasteiger partial charge in [-0.25, -0.2) is 13.1 Å². The molecule has 0 aliphatic heterocycles. The van der Waals surface area contributed by atoms with Crippen LogP contribution in [0.1, 0.15) is 26.7 Å². The Labute approximate surface area is 108 Å². The van der Waals surface area contributed by atoms with Crippen LogP contribution in [-0.4, -0.2) is 21.1 Å². The quantitative estimate of drug-likeness (QED) is 0.861. The van der Waals surface area contributed by atoms with E-state index in [-0.39, 0.29) is 6.04 Å². The second kappa shape index (κ2) is 5.28. The summed E-state index contributed by atoms with van der Waals surface area (Å²) in [6.07, 6.45) is 2.24. The molecule has 0 saturated heterocycles. The van der Waals surface area contributed by atoms with Gasteiger partial charge in [0.25, 0.3) is 0 Å². The summed E-state index contributed by atoms with van der Waals surface area (Å²) < 4.78 is 32.2. The Morgan fingerprint density at radius 1 is 1.33 bits per heavy atom. The molecule has 1 aromatic carbocycles. The summed E-state index contributed by atoms with van der Waals surface area (Å²) in [5.41, 5.74) is 0. The summed E-state index contributed by atoms with van der Waals surface area (Å²) in [6.45, 7) is 4.39. The minimum atomic E-state index is -3.40. The molecule has 0 unspecified atom stereocenters. The van der Waals surface area contributed by atoms with E-state index in [1.165, 1.54) is 0 Å². The molecule has 1 aliphatic rings. The highest BCUT2D eigenvalue weighted by Crippen LogP contribution is 2.33. The van der Waals surface area contributed by atoms with Gasteiger partial charge in [0.1, 0.15) is 5.75 Å². The average Bonchev–Trinajstić information content (AvgIpc) is 3.13. The van der Waals surface area contributed by atoms with Crippen LogP contribution < -0.4 is 9.46 Å². The number of ether oxygens (including phenoxy) is 1. The van der Waals surface area contributed by atoms with Crippen LogP contribution in [0.5, 0.6) is 5.75 Å². The topological polar surface area (TPSA) is 55.4 Å². The first kappa shape index (κ1) is 13.4. The molecular formula is C13H19NO3S. The van der Waals surface area contributed by atoms with Crippen molar-refractivity contribution in [2.24, 2.45) is 5.92 Å². The second-order valence-electron chi connectivity index (χ2n) is 4.65. The number of rotatable bonds is 6. The minimum absolute atomic E-state index is 0.0153. The van der Waals surface area contributed by atoms with Gasteiger partial charge in [0.15, 0.2) is 0 Å². The molecule has 1 saturated carbocycles. The van der Waals surface area contributed by atoms with Crippen molar-refractivity contribution in [3.63, 3.8) is 0 Å². The van der Waals surface area contributed by atoms with Gasteiger partial charge in [-0.2, -0.15) is 0 Å². The number of hydrogen-bond donors (Lipinski definition) is 1. The minimum Gasteiger partial charge on any atom is -0.494 e. The van der Waals surface area contributed by atoms with Crippen LogP contribution in [0.15, 0.2) is 29.2 Å². The highest BCUT2D eigenvalue weighted by molar-refractivity contribution is 7.89. The lowest BCUT2D eigenvalue weighted by Gasteiger charge is -2.13. The van der Waals surface area contributed by atoms with E-state index in [0.29, 0.717) is 23.2 Å². The standard InChI is InChI=1S/C13H19NO3S/c1-3-17-12-6-8-13(9-7-12)18(15,16)14-10(2)11-4-5-11/h6-11,14H,3-5H2,1-2H3/t10-/m0/s1. The normalized spacial score (nSPS) is 17.4. The first-order valence-electron chi connectivity index (χ1n) is 6.28. The van der Waals surface area contributed by atoms with Crippen molar-refractivity contribution >= 4 is 10.0 Å². The maximum Gasteiger partial charge on any atom is 0.240 e.